The van der Waals surface area contributed by atoms with Crippen LogP contribution >= 0.6 is 0 Å². The van der Waals surface area contributed by atoms with Crippen LogP contribution in [0.25, 0.3) is 5.69 Å². The Hall–Kier alpha value is -2.21. The van der Waals surface area contributed by atoms with E-state index < -0.39 is 6.10 Å². The molecule has 0 radical (unpaired) electrons. The summed E-state index contributed by atoms with van der Waals surface area (Å²) in [6.07, 6.45) is 3.52. The summed E-state index contributed by atoms with van der Waals surface area (Å²) in [7, 11) is 0. The van der Waals surface area contributed by atoms with Gasteiger partial charge in [-0.15, -0.1) is 0 Å². The molecule has 22 heavy (non-hydrogen) atoms. The Labute approximate surface area is 129 Å². The van der Waals surface area contributed by atoms with Gasteiger partial charge in [0.15, 0.2) is 0 Å². The number of rotatable bonds is 7. The van der Waals surface area contributed by atoms with E-state index in [-0.39, 0.29) is 11.7 Å². The van der Waals surface area contributed by atoms with Gasteiger partial charge in [0.2, 0.25) is 0 Å². The Morgan fingerprint density at radius 2 is 2.00 bits per heavy atom. The van der Waals surface area contributed by atoms with Crippen LogP contribution in [0.5, 0.6) is 0 Å². The highest BCUT2D eigenvalue weighted by atomic mass is 16.3. The first kappa shape index (κ1) is 16.2. The topological polar surface area (TPSA) is 77.1 Å². The van der Waals surface area contributed by atoms with Gasteiger partial charge in [0.1, 0.15) is 12.6 Å². The van der Waals surface area contributed by atoms with Gasteiger partial charge in [0.05, 0.1) is 17.8 Å². The van der Waals surface area contributed by atoms with Crippen molar-refractivity contribution < 1.29 is 9.90 Å². The molecule has 1 aromatic heterocycles. The van der Waals surface area contributed by atoms with Gasteiger partial charge in [-0.25, -0.2) is 14.0 Å². The minimum atomic E-state index is -0.642. The summed E-state index contributed by atoms with van der Waals surface area (Å²) >= 11 is 0. The largest absolute Gasteiger partial charge is 0.391 e. The van der Waals surface area contributed by atoms with Crippen molar-refractivity contribution in [3.63, 3.8) is 0 Å². The molecule has 2 atom stereocenters. The Kier molecular flexibility index (Phi) is 5.27. The first-order valence-electron chi connectivity index (χ1n) is 7.45. The lowest BCUT2D eigenvalue weighted by Crippen LogP contribution is -2.32. The van der Waals surface area contributed by atoms with Gasteiger partial charge in [-0.1, -0.05) is 19.1 Å². The summed E-state index contributed by atoms with van der Waals surface area (Å²) in [5.41, 5.74) is 1.49. The van der Waals surface area contributed by atoms with Crippen molar-refractivity contribution in [2.24, 2.45) is 0 Å². The Morgan fingerprint density at radius 1 is 1.32 bits per heavy atom. The van der Waals surface area contributed by atoms with E-state index in [9.17, 15) is 14.7 Å². The lowest BCUT2D eigenvalue weighted by molar-refractivity contribution is -0.107. The van der Waals surface area contributed by atoms with Crippen LogP contribution in [0.4, 0.5) is 0 Å². The first-order valence-corrected chi connectivity index (χ1v) is 7.45. The number of aromatic nitrogens is 3. The third-order valence-corrected chi connectivity index (χ3v) is 3.75. The van der Waals surface area contributed by atoms with Gasteiger partial charge < -0.3 is 9.90 Å². The van der Waals surface area contributed by atoms with E-state index in [0.717, 1.165) is 11.8 Å². The predicted octanol–water partition coefficient (Wildman–Crippen LogP) is 1.50. The van der Waals surface area contributed by atoms with Crippen LogP contribution in [-0.4, -0.2) is 31.8 Å². The number of carbonyl (C=O) groups is 1. The molecule has 0 bridgehead atoms. The van der Waals surface area contributed by atoms with Crippen LogP contribution < -0.4 is 5.69 Å². The first-order chi connectivity index (χ1) is 10.6. The minimum absolute atomic E-state index is 0.270. The van der Waals surface area contributed by atoms with Crippen molar-refractivity contribution >= 4 is 6.29 Å². The van der Waals surface area contributed by atoms with E-state index in [2.05, 4.69) is 5.10 Å². The number of hydrogen-bond acceptors (Lipinski definition) is 4. The lowest BCUT2D eigenvalue weighted by atomic mass is 10.1. The van der Waals surface area contributed by atoms with Crippen LogP contribution in [0, 0.1) is 0 Å². The number of benzene rings is 1. The maximum atomic E-state index is 12.4. The average Bonchev–Trinajstić information content (AvgIpc) is 2.88. The number of aryl methyl sites for hydroxylation is 1. The maximum Gasteiger partial charge on any atom is 0.350 e. The van der Waals surface area contributed by atoms with Gasteiger partial charge >= 0.3 is 5.69 Å². The molecular weight excluding hydrogens is 282 g/mol. The summed E-state index contributed by atoms with van der Waals surface area (Å²) < 4.78 is 2.78. The van der Waals surface area contributed by atoms with Gasteiger partial charge in [0.25, 0.3) is 0 Å². The van der Waals surface area contributed by atoms with E-state index in [1.54, 1.807) is 6.92 Å². The molecule has 0 amide bonds. The third-order valence-electron chi connectivity index (χ3n) is 3.75. The molecule has 0 saturated carbocycles. The zero-order valence-corrected chi connectivity index (χ0v) is 12.8. The summed E-state index contributed by atoms with van der Waals surface area (Å²) in [5.74, 6) is 0. The highest BCUT2D eigenvalue weighted by Crippen LogP contribution is 2.14. The fraction of sp³-hybridized carbons (Fsp3) is 0.438. The van der Waals surface area contributed by atoms with Crippen LogP contribution in [0.15, 0.2) is 35.4 Å². The summed E-state index contributed by atoms with van der Waals surface area (Å²) in [4.78, 5) is 22.8. The molecule has 0 aliphatic heterocycles. The van der Waals surface area contributed by atoms with E-state index >= 15 is 0 Å². The second kappa shape index (κ2) is 7.17. The Bertz CT molecular complexity index is 671. The molecule has 0 unspecified atom stereocenters. The van der Waals surface area contributed by atoms with E-state index in [1.807, 2.05) is 31.2 Å². The molecule has 0 aliphatic rings. The molecule has 0 aliphatic carbocycles. The Morgan fingerprint density at radius 3 is 2.55 bits per heavy atom. The Balaban J connectivity index is 2.28. The highest BCUT2D eigenvalue weighted by molar-refractivity contribution is 5.50. The molecule has 6 heteroatoms. The van der Waals surface area contributed by atoms with Crippen molar-refractivity contribution in [2.75, 3.05) is 0 Å². The van der Waals surface area contributed by atoms with Crippen LogP contribution in [0.2, 0.25) is 0 Å². The normalized spacial score (nSPS) is 13.8. The maximum absolute atomic E-state index is 12.4. The molecular formula is C16H21N3O3. The van der Waals surface area contributed by atoms with E-state index in [4.69, 9.17) is 0 Å². The number of hydrogen-bond donors (Lipinski definition) is 1. The van der Waals surface area contributed by atoms with Crippen molar-refractivity contribution in [2.45, 2.75) is 45.3 Å². The van der Waals surface area contributed by atoms with E-state index in [0.29, 0.717) is 24.9 Å². The second-order valence-corrected chi connectivity index (χ2v) is 5.32. The predicted molar refractivity (Wildman–Crippen MR) is 83.2 cm³/mol. The number of aliphatic hydroxyl groups is 1. The van der Waals surface area contributed by atoms with Gasteiger partial charge in [-0.2, -0.15) is 5.10 Å². The SMILES string of the molecule is CC[C@@H]([C@H](C)O)n1ncn(-c2ccc(CCC=O)cc2)c1=O. The second-order valence-electron chi connectivity index (χ2n) is 5.32. The summed E-state index contributed by atoms with van der Waals surface area (Å²) in [6.45, 7) is 3.56. The van der Waals surface area contributed by atoms with Gasteiger partial charge in [0, 0.05) is 6.42 Å². The average molecular weight is 303 g/mol. The van der Waals surface area contributed by atoms with Crippen molar-refractivity contribution in [3.8, 4) is 5.69 Å². The standard InChI is InChI=1S/C16H21N3O3/c1-3-15(12(2)21)19-16(22)18(11-17-19)14-8-6-13(7-9-14)5-4-10-20/h6-12,15,21H,3-5H2,1-2H3/t12-,15-/m0/s1. The zero-order valence-electron chi connectivity index (χ0n) is 12.8. The number of carbonyl (C=O) groups excluding carboxylic acids is 1. The monoisotopic (exact) mass is 303 g/mol. The molecule has 118 valence electrons. The lowest BCUT2D eigenvalue weighted by Gasteiger charge is -2.16. The van der Waals surface area contributed by atoms with Crippen LogP contribution in [0.3, 0.4) is 0 Å². The fourth-order valence-electron chi connectivity index (χ4n) is 2.49. The molecule has 2 aromatic rings. The van der Waals surface area contributed by atoms with E-state index in [1.165, 1.54) is 15.6 Å². The number of aliphatic hydroxyl groups excluding tert-OH is 1. The molecule has 1 N–H and O–H groups in total. The molecule has 2 rings (SSSR count). The molecule has 1 aromatic carbocycles. The fourth-order valence-corrected chi connectivity index (χ4v) is 2.49. The number of nitrogens with zero attached hydrogens (tertiary/aromatic N) is 3. The molecule has 0 fully saturated rings. The van der Waals surface area contributed by atoms with Gasteiger partial charge in [-0.05, 0) is 37.5 Å². The number of aldehydes is 1. The van der Waals surface area contributed by atoms with Crippen molar-refractivity contribution in [1.29, 1.82) is 0 Å². The van der Waals surface area contributed by atoms with Crippen molar-refractivity contribution in [1.82, 2.24) is 14.3 Å². The summed E-state index contributed by atoms with van der Waals surface area (Å²) in [5, 5.41) is 13.9. The molecule has 0 saturated heterocycles. The smallest absolute Gasteiger partial charge is 0.350 e. The van der Waals surface area contributed by atoms with Crippen molar-refractivity contribution in [3.05, 3.63) is 46.6 Å². The highest BCUT2D eigenvalue weighted by Gasteiger charge is 2.19. The quantitative estimate of drug-likeness (QED) is 0.786. The van der Waals surface area contributed by atoms with Gasteiger partial charge in [-0.3, -0.25) is 0 Å². The third kappa shape index (κ3) is 3.33. The molecule has 6 nitrogen and oxygen atoms in total. The minimum Gasteiger partial charge on any atom is -0.391 e. The summed E-state index contributed by atoms with van der Waals surface area (Å²) in [6, 6.07) is 7.12. The van der Waals surface area contributed by atoms with Crippen LogP contribution in [-0.2, 0) is 11.2 Å². The molecule has 1 heterocycles. The zero-order chi connectivity index (χ0) is 16.1. The molecule has 0 spiro atoms. The van der Waals surface area contributed by atoms with Crippen LogP contribution in [0.1, 0.15) is 38.3 Å².